The molecule has 0 bridgehead atoms. The van der Waals surface area contributed by atoms with Crippen LogP contribution in [0.5, 0.6) is 5.75 Å². The zero-order valence-corrected chi connectivity index (χ0v) is 15.3. The number of likely N-dealkylation sites (tertiary alicyclic amines) is 1. The van der Waals surface area contributed by atoms with E-state index in [9.17, 15) is 9.59 Å². The lowest BCUT2D eigenvalue weighted by Crippen LogP contribution is -2.51. The van der Waals surface area contributed by atoms with Gasteiger partial charge in [0, 0.05) is 38.3 Å². The summed E-state index contributed by atoms with van der Waals surface area (Å²) < 4.78 is 11.1. The van der Waals surface area contributed by atoms with E-state index in [1.807, 2.05) is 12.1 Å². The summed E-state index contributed by atoms with van der Waals surface area (Å²) >= 11 is 0. The van der Waals surface area contributed by atoms with Crippen LogP contribution in [0.1, 0.15) is 40.5 Å². The van der Waals surface area contributed by atoms with Gasteiger partial charge in [0.05, 0.1) is 0 Å². The van der Waals surface area contributed by atoms with Crippen LogP contribution in [0, 0.1) is 0 Å². The van der Waals surface area contributed by atoms with Crippen LogP contribution >= 0.6 is 0 Å². The van der Waals surface area contributed by atoms with Crippen molar-refractivity contribution in [2.75, 3.05) is 13.1 Å². The van der Waals surface area contributed by atoms with E-state index in [1.54, 1.807) is 45.0 Å². The predicted molar refractivity (Wildman–Crippen MR) is 93.3 cm³/mol. The van der Waals surface area contributed by atoms with Crippen LogP contribution in [0.4, 0.5) is 4.79 Å². The van der Waals surface area contributed by atoms with Gasteiger partial charge in [0.15, 0.2) is 0 Å². The van der Waals surface area contributed by atoms with Gasteiger partial charge in [-0.3, -0.25) is 9.78 Å². The number of piperidine rings is 1. The number of amides is 2. The standard InChI is InChI=1S/C18H27N3O4/c1-13(20-17(23)25-18(2,3)4)16(22)21-11-7-15(8-12-21)24-14-5-9-19-10-6-14/h5-6,9-10,13,15H,7-8,11-12H2,1-4H3,(H,20,23)/t13-/m1/s1. The summed E-state index contributed by atoms with van der Waals surface area (Å²) in [6.45, 7) is 8.24. The number of hydrogen-bond donors (Lipinski definition) is 1. The number of carbonyl (C=O) groups excluding carboxylic acids is 2. The number of aromatic nitrogens is 1. The van der Waals surface area contributed by atoms with Gasteiger partial charge in [-0.25, -0.2) is 4.79 Å². The minimum atomic E-state index is -0.618. The van der Waals surface area contributed by atoms with E-state index in [1.165, 1.54) is 0 Å². The van der Waals surface area contributed by atoms with E-state index in [-0.39, 0.29) is 12.0 Å². The van der Waals surface area contributed by atoms with Crippen molar-refractivity contribution in [2.45, 2.75) is 58.3 Å². The Balaban J connectivity index is 1.77. The molecule has 1 aromatic heterocycles. The highest BCUT2D eigenvalue weighted by Gasteiger charge is 2.28. The van der Waals surface area contributed by atoms with Crippen molar-refractivity contribution >= 4 is 12.0 Å². The Morgan fingerprint density at radius 1 is 1.24 bits per heavy atom. The normalized spacial score (nSPS) is 16.9. The van der Waals surface area contributed by atoms with Crippen LogP contribution in [0.25, 0.3) is 0 Å². The molecule has 2 heterocycles. The lowest BCUT2D eigenvalue weighted by Gasteiger charge is -2.34. The van der Waals surface area contributed by atoms with Crippen LogP contribution in [0.3, 0.4) is 0 Å². The largest absolute Gasteiger partial charge is 0.490 e. The number of pyridine rings is 1. The molecule has 1 aliphatic heterocycles. The van der Waals surface area contributed by atoms with E-state index in [0.29, 0.717) is 13.1 Å². The number of rotatable bonds is 4. The summed E-state index contributed by atoms with van der Waals surface area (Å²) in [4.78, 5) is 30.0. The first-order valence-electron chi connectivity index (χ1n) is 8.59. The van der Waals surface area contributed by atoms with Gasteiger partial charge in [0.1, 0.15) is 23.5 Å². The van der Waals surface area contributed by atoms with Crippen LogP contribution < -0.4 is 10.1 Å². The highest BCUT2D eigenvalue weighted by atomic mass is 16.6. The van der Waals surface area contributed by atoms with Crippen molar-refractivity contribution in [1.82, 2.24) is 15.2 Å². The molecule has 1 saturated heterocycles. The smallest absolute Gasteiger partial charge is 0.408 e. The number of hydrogen-bond acceptors (Lipinski definition) is 5. The van der Waals surface area contributed by atoms with Crippen LogP contribution in [-0.4, -0.2) is 52.7 Å². The molecule has 7 heteroatoms. The molecule has 25 heavy (non-hydrogen) atoms. The molecule has 2 rings (SSSR count). The third kappa shape index (κ3) is 6.25. The monoisotopic (exact) mass is 349 g/mol. The van der Waals surface area contributed by atoms with Gasteiger partial charge in [-0.2, -0.15) is 0 Å². The lowest BCUT2D eigenvalue weighted by molar-refractivity contribution is -0.134. The van der Waals surface area contributed by atoms with Crippen molar-refractivity contribution < 1.29 is 19.1 Å². The second-order valence-corrected chi connectivity index (χ2v) is 7.19. The summed E-state index contributed by atoms with van der Waals surface area (Å²) in [5, 5.41) is 2.59. The minimum Gasteiger partial charge on any atom is -0.490 e. The van der Waals surface area contributed by atoms with E-state index < -0.39 is 17.7 Å². The predicted octanol–water partition coefficient (Wildman–Crippen LogP) is 2.36. The minimum absolute atomic E-state index is 0.0839. The molecule has 1 aliphatic rings. The Kier molecular flexibility index (Phi) is 6.22. The first-order valence-corrected chi connectivity index (χ1v) is 8.59. The molecular weight excluding hydrogens is 322 g/mol. The van der Waals surface area contributed by atoms with Gasteiger partial charge in [-0.05, 0) is 39.8 Å². The van der Waals surface area contributed by atoms with Gasteiger partial charge in [-0.1, -0.05) is 0 Å². The highest BCUT2D eigenvalue weighted by Crippen LogP contribution is 2.18. The fourth-order valence-corrected chi connectivity index (χ4v) is 2.62. The molecular formula is C18H27N3O4. The van der Waals surface area contributed by atoms with Gasteiger partial charge in [0.25, 0.3) is 0 Å². The third-order valence-electron chi connectivity index (χ3n) is 3.81. The quantitative estimate of drug-likeness (QED) is 0.902. The lowest BCUT2D eigenvalue weighted by atomic mass is 10.1. The number of nitrogens with zero attached hydrogens (tertiary/aromatic N) is 2. The van der Waals surface area contributed by atoms with E-state index in [0.717, 1.165) is 18.6 Å². The van der Waals surface area contributed by atoms with E-state index in [2.05, 4.69) is 10.3 Å². The molecule has 0 aliphatic carbocycles. The number of ether oxygens (including phenoxy) is 2. The summed E-state index contributed by atoms with van der Waals surface area (Å²) in [6, 6.07) is 3.03. The second kappa shape index (κ2) is 8.18. The number of nitrogens with one attached hydrogen (secondary N) is 1. The maximum Gasteiger partial charge on any atom is 0.408 e. The molecule has 0 spiro atoms. The molecule has 0 unspecified atom stereocenters. The Bertz CT molecular complexity index is 578. The Morgan fingerprint density at radius 3 is 2.40 bits per heavy atom. The summed E-state index contributed by atoms with van der Waals surface area (Å²) in [7, 11) is 0. The summed E-state index contributed by atoms with van der Waals surface area (Å²) in [5.41, 5.74) is -0.588. The molecule has 7 nitrogen and oxygen atoms in total. The maximum atomic E-state index is 12.5. The molecule has 0 radical (unpaired) electrons. The van der Waals surface area contributed by atoms with E-state index in [4.69, 9.17) is 9.47 Å². The van der Waals surface area contributed by atoms with E-state index >= 15 is 0 Å². The average Bonchev–Trinajstić information content (AvgIpc) is 2.54. The molecule has 2 amide bonds. The van der Waals surface area contributed by atoms with Gasteiger partial charge >= 0.3 is 6.09 Å². The maximum absolute atomic E-state index is 12.5. The first kappa shape index (κ1) is 19.0. The Hall–Kier alpha value is -2.31. The molecule has 1 aromatic rings. The molecule has 0 saturated carbocycles. The van der Waals surface area contributed by atoms with Crippen molar-refractivity contribution in [1.29, 1.82) is 0 Å². The summed E-state index contributed by atoms with van der Waals surface area (Å²) in [5.74, 6) is 0.688. The van der Waals surface area contributed by atoms with Gasteiger partial charge in [0.2, 0.25) is 5.91 Å². The highest BCUT2D eigenvalue weighted by molar-refractivity contribution is 5.85. The molecule has 1 fully saturated rings. The third-order valence-corrected chi connectivity index (χ3v) is 3.81. The summed E-state index contributed by atoms with van der Waals surface area (Å²) in [6.07, 6.45) is 4.40. The van der Waals surface area contributed by atoms with Crippen molar-refractivity contribution in [3.05, 3.63) is 24.5 Å². The zero-order chi connectivity index (χ0) is 18.4. The van der Waals surface area contributed by atoms with Crippen LogP contribution in [0.2, 0.25) is 0 Å². The Labute approximate surface area is 148 Å². The molecule has 1 N–H and O–H groups in total. The van der Waals surface area contributed by atoms with Crippen molar-refractivity contribution in [3.63, 3.8) is 0 Å². The van der Waals surface area contributed by atoms with Gasteiger partial charge < -0.3 is 19.7 Å². The van der Waals surface area contributed by atoms with Crippen LogP contribution in [-0.2, 0) is 9.53 Å². The Morgan fingerprint density at radius 2 is 1.84 bits per heavy atom. The topological polar surface area (TPSA) is 80.8 Å². The van der Waals surface area contributed by atoms with Crippen molar-refractivity contribution in [2.24, 2.45) is 0 Å². The average molecular weight is 349 g/mol. The second-order valence-electron chi connectivity index (χ2n) is 7.19. The SMILES string of the molecule is C[C@@H](NC(=O)OC(C)(C)C)C(=O)N1CCC(Oc2ccncc2)CC1. The molecule has 138 valence electrons. The fourth-order valence-electron chi connectivity index (χ4n) is 2.62. The fraction of sp³-hybridized carbons (Fsp3) is 0.611. The van der Waals surface area contributed by atoms with Crippen LogP contribution in [0.15, 0.2) is 24.5 Å². The number of alkyl carbamates (subject to hydrolysis) is 1. The number of carbonyl (C=O) groups is 2. The first-order chi connectivity index (χ1) is 11.7. The molecule has 0 aromatic carbocycles. The molecule has 1 atom stereocenters. The zero-order valence-electron chi connectivity index (χ0n) is 15.3. The van der Waals surface area contributed by atoms with Gasteiger partial charge in [-0.15, -0.1) is 0 Å². The van der Waals surface area contributed by atoms with Crippen molar-refractivity contribution in [3.8, 4) is 5.75 Å².